The Bertz CT molecular complexity index is 498. The molecule has 5 nitrogen and oxygen atoms in total. The second kappa shape index (κ2) is 9.53. The van der Waals surface area contributed by atoms with Crippen LogP contribution in [0.25, 0.3) is 0 Å². The van der Waals surface area contributed by atoms with Gasteiger partial charge in [0.1, 0.15) is 4.21 Å². The van der Waals surface area contributed by atoms with E-state index in [1.165, 1.54) is 11.3 Å². The van der Waals surface area contributed by atoms with E-state index in [0.717, 1.165) is 17.8 Å². The van der Waals surface area contributed by atoms with Crippen LogP contribution in [0, 0.1) is 5.92 Å². The summed E-state index contributed by atoms with van der Waals surface area (Å²) < 4.78 is 32.5. The van der Waals surface area contributed by atoms with E-state index >= 15 is 0 Å². The predicted molar refractivity (Wildman–Crippen MR) is 87.2 cm³/mol. The number of hydrogen-bond donors (Lipinski definition) is 2. The molecule has 0 unspecified atom stereocenters. The van der Waals surface area contributed by atoms with Crippen LogP contribution in [0.1, 0.15) is 32.1 Å². The fraction of sp³-hybridized carbons (Fsp3) is 0.714. The van der Waals surface area contributed by atoms with Crippen molar-refractivity contribution < 1.29 is 13.2 Å². The lowest BCUT2D eigenvalue weighted by Crippen LogP contribution is -2.27. The van der Waals surface area contributed by atoms with E-state index in [4.69, 9.17) is 4.74 Å². The maximum atomic E-state index is 12.1. The van der Waals surface area contributed by atoms with E-state index in [9.17, 15) is 8.42 Å². The van der Waals surface area contributed by atoms with Gasteiger partial charge in [-0.2, -0.15) is 0 Å². The highest BCUT2D eigenvalue weighted by molar-refractivity contribution is 7.91. The molecule has 0 aromatic carbocycles. The van der Waals surface area contributed by atoms with E-state index in [1.54, 1.807) is 6.07 Å². The molecule has 0 aliphatic heterocycles. The molecule has 1 aromatic heterocycles. The Morgan fingerprint density at radius 2 is 2.05 bits per heavy atom. The van der Waals surface area contributed by atoms with Gasteiger partial charge in [0.15, 0.2) is 0 Å². The molecule has 2 N–H and O–H groups in total. The highest BCUT2D eigenvalue weighted by atomic mass is 32.2. The number of ether oxygens (including phenoxy) is 1. The van der Waals surface area contributed by atoms with Gasteiger partial charge in [-0.15, -0.1) is 11.3 Å². The molecule has 0 radical (unpaired) electrons. The average molecular weight is 335 g/mol. The summed E-state index contributed by atoms with van der Waals surface area (Å²) in [5, 5.41) is 3.26. The predicted octanol–water partition coefficient (Wildman–Crippen LogP) is 2.20. The summed E-state index contributed by atoms with van der Waals surface area (Å²) >= 11 is 1.31. The van der Waals surface area contributed by atoms with Crippen LogP contribution in [0.2, 0.25) is 0 Å². The second-order valence-electron chi connectivity index (χ2n) is 5.26. The van der Waals surface area contributed by atoms with Gasteiger partial charge < -0.3 is 10.1 Å². The lowest BCUT2D eigenvalue weighted by Gasteiger charge is -2.07. The average Bonchev–Trinajstić information content (AvgIpc) is 2.88. The molecular formula is C14H26N2O3S2. The largest absolute Gasteiger partial charge is 0.380 e. The molecule has 0 aliphatic carbocycles. The second-order valence-corrected chi connectivity index (χ2v) is 8.43. The van der Waals surface area contributed by atoms with E-state index < -0.39 is 10.0 Å². The molecule has 0 fully saturated rings. The molecule has 1 rings (SSSR count). The summed E-state index contributed by atoms with van der Waals surface area (Å²) in [5.74, 6) is 0.456. The molecule has 7 heteroatoms. The summed E-state index contributed by atoms with van der Waals surface area (Å²) in [7, 11) is -3.41. The third kappa shape index (κ3) is 7.37. The smallest absolute Gasteiger partial charge is 0.250 e. The minimum Gasteiger partial charge on any atom is -0.380 e. The van der Waals surface area contributed by atoms with Gasteiger partial charge in [-0.1, -0.05) is 20.8 Å². The van der Waals surface area contributed by atoms with Crippen molar-refractivity contribution in [2.24, 2.45) is 5.92 Å². The molecular weight excluding hydrogens is 308 g/mol. The van der Waals surface area contributed by atoms with Gasteiger partial charge in [0, 0.05) is 24.6 Å². The van der Waals surface area contributed by atoms with E-state index in [0.29, 0.717) is 36.4 Å². The Balaban J connectivity index is 2.39. The fourth-order valence-corrected chi connectivity index (χ4v) is 4.01. The maximum absolute atomic E-state index is 12.1. The number of hydrogen-bond acceptors (Lipinski definition) is 5. The highest BCUT2D eigenvalue weighted by Gasteiger charge is 2.16. The van der Waals surface area contributed by atoms with Gasteiger partial charge in [0.05, 0.1) is 6.61 Å². The van der Waals surface area contributed by atoms with E-state index in [1.807, 2.05) is 6.07 Å². The van der Waals surface area contributed by atoms with Crippen LogP contribution >= 0.6 is 11.3 Å². The van der Waals surface area contributed by atoms with Crippen molar-refractivity contribution in [3.05, 3.63) is 17.0 Å². The molecule has 0 aliphatic rings. The molecule has 0 bridgehead atoms. The van der Waals surface area contributed by atoms with Crippen LogP contribution in [0.5, 0.6) is 0 Å². The molecule has 1 aromatic rings. The Labute approximate surface area is 132 Å². The van der Waals surface area contributed by atoms with Gasteiger partial charge in [-0.25, -0.2) is 13.1 Å². The quantitative estimate of drug-likeness (QED) is 0.609. The van der Waals surface area contributed by atoms with Crippen molar-refractivity contribution >= 4 is 21.4 Å². The first-order valence-corrected chi connectivity index (χ1v) is 9.62. The molecule has 21 heavy (non-hydrogen) atoms. The molecule has 0 saturated carbocycles. The summed E-state index contributed by atoms with van der Waals surface area (Å²) in [4.78, 5) is 1.03. The van der Waals surface area contributed by atoms with Crippen LogP contribution in [-0.2, 0) is 21.3 Å². The summed E-state index contributed by atoms with van der Waals surface area (Å²) in [5.41, 5.74) is 0. The molecule has 0 spiro atoms. The summed E-state index contributed by atoms with van der Waals surface area (Å²) in [6.07, 6.45) is 1.06. The fourth-order valence-electron chi connectivity index (χ4n) is 1.62. The van der Waals surface area contributed by atoms with Gasteiger partial charge in [0.2, 0.25) is 10.0 Å². The van der Waals surface area contributed by atoms with Crippen molar-refractivity contribution in [2.45, 2.75) is 37.9 Å². The van der Waals surface area contributed by atoms with Crippen molar-refractivity contribution in [2.75, 3.05) is 26.3 Å². The first-order chi connectivity index (χ1) is 9.95. The first-order valence-electron chi connectivity index (χ1n) is 7.32. The highest BCUT2D eigenvalue weighted by Crippen LogP contribution is 2.21. The normalized spacial score (nSPS) is 12.2. The van der Waals surface area contributed by atoms with E-state index in [2.05, 4.69) is 30.8 Å². The van der Waals surface area contributed by atoms with Crippen LogP contribution in [0.15, 0.2) is 16.3 Å². The molecule has 0 amide bonds. The lowest BCUT2D eigenvalue weighted by molar-refractivity contribution is 0.114. The Morgan fingerprint density at radius 1 is 1.29 bits per heavy atom. The molecule has 0 saturated heterocycles. The van der Waals surface area contributed by atoms with Crippen molar-refractivity contribution in [3.8, 4) is 0 Å². The van der Waals surface area contributed by atoms with Gasteiger partial charge in [-0.3, -0.25) is 0 Å². The third-order valence-corrected chi connectivity index (χ3v) is 5.66. The first kappa shape index (κ1) is 18.6. The zero-order chi connectivity index (χ0) is 15.7. The minimum absolute atomic E-state index is 0.302. The number of sulfonamides is 1. The molecule has 1 heterocycles. The Kier molecular flexibility index (Phi) is 8.43. The summed E-state index contributed by atoms with van der Waals surface area (Å²) in [6, 6.07) is 3.52. The maximum Gasteiger partial charge on any atom is 0.250 e. The SMILES string of the molecule is CCCNCc1ccc(S(=O)(=O)NCCOCC(C)C)s1. The van der Waals surface area contributed by atoms with Gasteiger partial charge in [-0.05, 0) is 31.0 Å². The molecule has 0 atom stereocenters. The zero-order valence-corrected chi connectivity index (χ0v) is 14.6. The van der Waals surface area contributed by atoms with Gasteiger partial charge >= 0.3 is 0 Å². The standard InChI is InChI=1S/C14H26N2O3S2/c1-4-7-15-10-13-5-6-14(20-13)21(17,18)16-8-9-19-11-12(2)3/h5-6,12,15-16H,4,7-11H2,1-3H3. The third-order valence-electron chi connectivity index (χ3n) is 2.62. The Morgan fingerprint density at radius 3 is 2.71 bits per heavy atom. The van der Waals surface area contributed by atoms with Crippen molar-refractivity contribution in [3.63, 3.8) is 0 Å². The van der Waals surface area contributed by atoms with Crippen LogP contribution in [0.4, 0.5) is 0 Å². The van der Waals surface area contributed by atoms with Crippen LogP contribution < -0.4 is 10.0 Å². The Hall–Kier alpha value is -0.470. The lowest BCUT2D eigenvalue weighted by atomic mass is 10.2. The van der Waals surface area contributed by atoms with Gasteiger partial charge in [0.25, 0.3) is 0 Å². The molecule has 122 valence electrons. The van der Waals surface area contributed by atoms with Crippen LogP contribution in [0.3, 0.4) is 0 Å². The summed E-state index contributed by atoms with van der Waals surface area (Å²) in [6.45, 7) is 9.21. The van der Waals surface area contributed by atoms with Crippen molar-refractivity contribution in [1.82, 2.24) is 10.0 Å². The number of rotatable bonds is 11. The monoisotopic (exact) mass is 334 g/mol. The number of nitrogens with one attached hydrogen (secondary N) is 2. The zero-order valence-electron chi connectivity index (χ0n) is 13.0. The number of thiophene rings is 1. The minimum atomic E-state index is -3.41. The topological polar surface area (TPSA) is 67.4 Å². The van der Waals surface area contributed by atoms with E-state index in [-0.39, 0.29) is 0 Å². The van der Waals surface area contributed by atoms with Crippen molar-refractivity contribution in [1.29, 1.82) is 0 Å². The van der Waals surface area contributed by atoms with Crippen LogP contribution in [-0.4, -0.2) is 34.7 Å².